The quantitative estimate of drug-likeness (QED) is 0.599. The van der Waals surface area contributed by atoms with E-state index in [1.807, 2.05) is 24.4 Å². The first-order valence-corrected chi connectivity index (χ1v) is 9.31. The molecular weight excluding hydrogens is 344 g/mol. The summed E-state index contributed by atoms with van der Waals surface area (Å²) in [5, 5.41) is 4.48. The number of fused-ring (bicyclic) bond motifs is 1. The van der Waals surface area contributed by atoms with Gasteiger partial charge in [0.15, 0.2) is 17.3 Å². The second kappa shape index (κ2) is 7.08. The molecule has 7 heteroatoms. The summed E-state index contributed by atoms with van der Waals surface area (Å²) in [6.07, 6.45) is 7.07. The van der Waals surface area contributed by atoms with Crippen LogP contribution in [0.1, 0.15) is 19.3 Å². The highest BCUT2D eigenvalue weighted by atomic mass is 16.5. The van der Waals surface area contributed by atoms with Crippen molar-refractivity contribution in [2.45, 2.75) is 19.3 Å². The van der Waals surface area contributed by atoms with Crippen molar-refractivity contribution in [3.05, 3.63) is 36.5 Å². The summed E-state index contributed by atoms with van der Waals surface area (Å²) in [4.78, 5) is 28.0. The van der Waals surface area contributed by atoms with Crippen LogP contribution in [0.5, 0.6) is 5.88 Å². The number of carbonyl (C=O) groups excluding carboxylic acids is 2. The van der Waals surface area contributed by atoms with Gasteiger partial charge in [-0.1, -0.05) is 6.07 Å². The van der Waals surface area contributed by atoms with Gasteiger partial charge < -0.3 is 9.22 Å². The number of aliphatic imine (C=N–C) groups is 1. The average molecular weight is 367 g/mol. The zero-order valence-electron chi connectivity index (χ0n) is 15.4. The Hall–Kier alpha value is -2.80. The first-order chi connectivity index (χ1) is 13.0. The summed E-state index contributed by atoms with van der Waals surface area (Å²) in [5.41, 5.74) is 1.55. The van der Waals surface area contributed by atoms with Crippen molar-refractivity contribution in [2.75, 3.05) is 33.3 Å². The zero-order valence-corrected chi connectivity index (χ0v) is 15.4. The number of hydrogen-bond acceptors (Lipinski definition) is 5. The molecule has 0 bridgehead atoms. The van der Waals surface area contributed by atoms with Crippen molar-refractivity contribution in [3.63, 3.8) is 0 Å². The molecule has 0 atom stereocenters. The number of hydrogen-bond donors (Lipinski definition) is 0. The summed E-state index contributed by atoms with van der Waals surface area (Å²) in [5.74, 6) is -0.0608. The SMILES string of the molecule is C[N+]1(CCOc2nn3ccccc3c2N=C2C=CC(=O)CC2=O)CCCC1. The van der Waals surface area contributed by atoms with Gasteiger partial charge in [0.05, 0.1) is 32.1 Å². The third kappa shape index (κ3) is 3.68. The molecule has 1 aliphatic carbocycles. The van der Waals surface area contributed by atoms with Gasteiger partial charge in [-0.25, -0.2) is 9.51 Å². The van der Waals surface area contributed by atoms with Crippen molar-refractivity contribution < 1.29 is 18.8 Å². The second-order valence-corrected chi connectivity index (χ2v) is 7.43. The van der Waals surface area contributed by atoms with E-state index in [2.05, 4.69) is 17.1 Å². The molecule has 1 aliphatic heterocycles. The summed E-state index contributed by atoms with van der Waals surface area (Å²) in [6, 6.07) is 5.65. The molecule has 4 rings (SSSR count). The molecule has 2 aromatic rings. The molecule has 0 spiro atoms. The largest absolute Gasteiger partial charge is 0.469 e. The standard InChI is InChI=1S/C20H23N4O3/c1-24(10-4-5-11-24)12-13-27-20-19(17-6-2-3-9-23(17)22-20)21-16-8-7-15(25)14-18(16)26/h2-3,6-9H,4-5,10-14H2,1H3/q+1. The topological polar surface area (TPSA) is 73.0 Å². The van der Waals surface area contributed by atoms with Crippen molar-refractivity contribution in [3.8, 4) is 5.88 Å². The molecule has 1 saturated heterocycles. The number of likely N-dealkylation sites (tertiary alicyclic amines) is 1. The van der Waals surface area contributed by atoms with Gasteiger partial charge in [0, 0.05) is 19.0 Å². The zero-order chi connectivity index (χ0) is 18.9. The van der Waals surface area contributed by atoms with Crippen LogP contribution in [0.25, 0.3) is 5.52 Å². The predicted molar refractivity (Wildman–Crippen MR) is 102 cm³/mol. The molecule has 27 heavy (non-hydrogen) atoms. The molecule has 0 N–H and O–H groups in total. The molecule has 2 aliphatic rings. The Morgan fingerprint density at radius 3 is 2.81 bits per heavy atom. The molecule has 2 aromatic heterocycles. The molecule has 0 radical (unpaired) electrons. The van der Waals surface area contributed by atoms with Gasteiger partial charge in [-0.3, -0.25) is 9.59 Å². The lowest BCUT2D eigenvalue weighted by atomic mass is 10.0. The highest BCUT2D eigenvalue weighted by Gasteiger charge is 2.27. The normalized spacial score (nSPS) is 20.7. The van der Waals surface area contributed by atoms with Crippen molar-refractivity contribution in [1.82, 2.24) is 9.61 Å². The van der Waals surface area contributed by atoms with Crippen LogP contribution in [-0.4, -0.2) is 64.7 Å². The van der Waals surface area contributed by atoms with Gasteiger partial charge in [-0.2, -0.15) is 0 Å². The van der Waals surface area contributed by atoms with Crippen LogP contribution in [0.3, 0.4) is 0 Å². The lowest BCUT2D eigenvalue weighted by molar-refractivity contribution is -0.897. The Balaban J connectivity index is 1.62. The fourth-order valence-electron chi connectivity index (χ4n) is 3.64. The van der Waals surface area contributed by atoms with Gasteiger partial charge >= 0.3 is 0 Å². The van der Waals surface area contributed by atoms with E-state index < -0.39 is 0 Å². The highest BCUT2D eigenvalue weighted by Crippen LogP contribution is 2.32. The Morgan fingerprint density at radius 1 is 1.22 bits per heavy atom. The smallest absolute Gasteiger partial charge is 0.260 e. The van der Waals surface area contributed by atoms with E-state index in [0.717, 1.165) is 16.5 Å². The number of rotatable bonds is 5. The van der Waals surface area contributed by atoms with E-state index in [-0.39, 0.29) is 23.7 Å². The maximum atomic E-state index is 12.1. The van der Waals surface area contributed by atoms with Gasteiger partial charge in [-0.05, 0) is 24.3 Å². The number of pyridine rings is 1. The maximum absolute atomic E-state index is 12.1. The van der Waals surface area contributed by atoms with E-state index in [1.165, 1.54) is 38.1 Å². The molecule has 0 unspecified atom stereocenters. The maximum Gasteiger partial charge on any atom is 0.260 e. The number of Topliss-reactive ketones (excluding diaryl/α,β-unsaturated/α-hetero) is 1. The third-order valence-corrected chi connectivity index (χ3v) is 5.28. The van der Waals surface area contributed by atoms with Crippen LogP contribution in [0, 0.1) is 0 Å². The minimum atomic E-state index is -0.279. The molecule has 3 heterocycles. The van der Waals surface area contributed by atoms with E-state index in [4.69, 9.17) is 4.74 Å². The molecular formula is C20H23N4O3+. The molecule has 140 valence electrons. The van der Waals surface area contributed by atoms with Gasteiger partial charge in [0.2, 0.25) is 0 Å². The lowest BCUT2D eigenvalue weighted by Gasteiger charge is -2.28. The summed E-state index contributed by atoms with van der Waals surface area (Å²) in [7, 11) is 2.25. The van der Waals surface area contributed by atoms with E-state index in [1.54, 1.807) is 4.52 Å². The van der Waals surface area contributed by atoms with Crippen molar-refractivity contribution in [1.29, 1.82) is 0 Å². The summed E-state index contributed by atoms with van der Waals surface area (Å²) in [6.45, 7) is 3.81. The first kappa shape index (κ1) is 17.6. The Morgan fingerprint density at radius 2 is 2.04 bits per heavy atom. The fourth-order valence-corrected chi connectivity index (χ4v) is 3.64. The summed E-state index contributed by atoms with van der Waals surface area (Å²) >= 11 is 0. The monoisotopic (exact) mass is 367 g/mol. The molecule has 0 saturated carbocycles. The first-order valence-electron chi connectivity index (χ1n) is 9.31. The molecule has 1 fully saturated rings. The molecule has 7 nitrogen and oxygen atoms in total. The number of likely N-dealkylation sites (N-methyl/N-ethyl adjacent to an activating group) is 1. The Labute approximate surface area is 157 Å². The predicted octanol–water partition coefficient (Wildman–Crippen LogP) is 2.12. The fraction of sp³-hybridized carbons (Fsp3) is 0.400. The highest BCUT2D eigenvalue weighted by molar-refractivity contribution is 6.50. The van der Waals surface area contributed by atoms with Crippen molar-refractivity contribution >= 4 is 28.5 Å². The van der Waals surface area contributed by atoms with E-state index in [9.17, 15) is 9.59 Å². The number of ketones is 2. The number of carbonyl (C=O) groups is 2. The number of aromatic nitrogens is 2. The third-order valence-electron chi connectivity index (χ3n) is 5.28. The number of allylic oxidation sites excluding steroid dienone is 2. The van der Waals surface area contributed by atoms with Crippen molar-refractivity contribution in [2.24, 2.45) is 4.99 Å². The molecule has 0 amide bonds. The minimum Gasteiger partial charge on any atom is -0.469 e. The van der Waals surface area contributed by atoms with E-state index >= 15 is 0 Å². The van der Waals surface area contributed by atoms with Crippen LogP contribution in [0.2, 0.25) is 0 Å². The van der Waals surface area contributed by atoms with Crippen LogP contribution in [0.4, 0.5) is 5.69 Å². The van der Waals surface area contributed by atoms with Gasteiger partial charge in [0.1, 0.15) is 18.9 Å². The van der Waals surface area contributed by atoms with Crippen LogP contribution in [0.15, 0.2) is 41.5 Å². The number of nitrogens with zero attached hydrogens (tertiary/aromatic N) is 4. The number of quaternary nitrogens is 1. The van der Waals surface area contributed by atoms with Crippen LogP contribution >= 0.6 is 0 Å². The Bertz CT molecular complexity index is 951. The van der Waals surface area contributed by atoms with Gasteiger partial charge in [0.25, 0.3) is 5.88 Å². The molecule has 0 aromatic carbocycles. The lowest BCUT2D eigenvalue weighted by Crippen LogP contribution is -2.43. The number of ether oxygens (including phenoxy) is 1. The average Bonchev–Trinajstić information content (AvgIpc) is 3.22. The second-order valence-electron chi connectivity index (χ2n) is 7.43. The van der Waals surface area contributed by atoms with Gasteiger partial charge in [-0.15, -0.1) is 5.10 Å². The minimum absolute atomic E-state index is 0.138. The Kier molecular flexibility index (Phi) is 4.61. The van der Waals surface area contributed by atoms with Crippen LogP contribution < -0.4 is 4.74 Å². The van der Waals surface area contributed by atoms with E-state index in [0.29, 0.717) is 18.2 Å². The summed E-state index contributed by atoms with van der Waals surface area (Å²) < 4.78 is 8.70. The van der Waals surface area contributed by atoms with Crippen LogP contribution in [-0.2, 0) is 9.59 Å².